The van der Waals surface area contributed by atoms with Gasteiger partial charge < -0.3 is 19.0 Å². The van der Waals surface area contributed by atoms with Gasteiger partial charge in [0.2, 0.25) is 0 Å². The first-order valence-corrected chi connectivity index (χ1v) is 9.59. The maximum absolute atomic E-state index is 5.66. The largest absolute Gasteiger partial charge is 0.467 e. The number of nitrogens with zero attached hydrogens (tertiary/aromatic N) is 2. The average molecular weight is 357 g/mol. The van der Waals surface area contributed by atoms with Crippen LogP contribution in [0.4, 0.5) is 5.13 Å². The van der Waals surface area contributed by atoms with Crippen molar-refractivity contribution in [3.8, 4) is 11.3 Å². The Balaban J connectivity index is 1.50. The molecule has 0 saturated carbocycles. The molecule has 6 heteroatoms. The highest BCUT2D eigenvalue weighted by atomic mass is 32.1. The number of anilines is 1. The maximum atomic E-state index is 5.66. The Morgan fingerprint density at radius 3 is 3.08 bits per heavy atom. The van der Waals surface area contributed by atoms with Gasteiger partial charge in [-0.15, -0.1) is 11.3 Å². The standard InChI is InChI=1S/C19H23N3O2S/c1-13-9-17(14(2)22(13)11-16-6-4-8-24-16)18-12-25-19(21-18)20-10-15-5-3-7-23-15/h4,6,8-9,12,15H,3,5,7,10-11H2,1-2H3,(H,20,21). The van der Waals surface area contributed by atoms with E-state index in [4.69, 9.17) is 14.1 Å². The van der Waals surface area contributed by atoms with Crippen molar-refractivity contribution in [2.75, 3.05) is 18.5 Å². The summed E-state index contributed by atoms with van der Waals surface area (Å²) in [6, 6.07) is 6.14. The zero-order chi connectivity index (χ0) is 17.2. The molecule has 0 aromatic carbocycles. The van der Waals surface area contributed by atoms with Gasteiger partial charge in [-0.05, 0) is 44.9 Å². The summed E-state index contributed by atoms with van der Waals surface area (Å²) in [5.74, 6) is 0.963. The normalized spacial score (nSPS) is 17.3. The Morgan fingerprint density at radius 2 is 2.32 bits per heavy atom. The van der Waals surface area contributed by atoms with Gasteiger partial charge in [-0.25, -0.2) is 4.98 Å². The van der Waals surface area contributed by atoms with Crippen LogP contribution in [0.15, 0.2) is 34.3 Å². The van der Waals surface area contributed by atoms with E-state index in [1.54, 1.807) is 17.6 Å². The van der Waals surface area contributed by atoms with E-state index in [0.717, 1.165) is 49.1 Å². The average Bonchev–Trinajstić information content (AvgIpc) is 3.38. The minimum atomic E-state index is 0.325. The first-order valence-electron chi connectivity index (χ1n) is 8.71. The summed E-state index contributed by atoms with van der Waals surface area (Å²) < 4.78 is 13.4. The molecule has 25 heavy (non-hydrogen) atoms. The Bertz CT molecular complexity index is 829. The molecule has 4 heterocycles. The van der Waals surface area contributed by atoms with Crippen LogP contribution in [-0.2, 0) is 11.3 Å². The summed E-state index contributed by atoms with van der Waals surface area (Å²) in [5.41, 5.74) is 4.64. The summed E-state index contributed by atoms with van der Waals surface area (Å²) in [6.07, 6.45) is 4.35. The summed E-state index contributed by atoms with van der Waals surface area (Å²) in [4.78, 5) is 4.77. The second kappa shape index (κ2) is 7.06. The fourth-order valence-electron chi connectivity index (χ4n) is 3.35. The van der Waals surface area contributed by atoms with Crippen molar-refractivity contribution < 1.29 is 9.15 Å². The van der Waals surface area contributed by atoms with Crippen LogP contribution >= 0.6 is 11.3 Å². The van der Waals surface area contributed by atoms with Crippen molar-refractivity contribution in [1.29, 1.82) is 0 Å². The molecule has 0 spiro atoms. The summed E-state index contributed by atoms with van der Waals surface area (Å²) in [6.45, 7) is 6.74. The lowest BCUT2D eigenvalue weighted by Gasteiger charge is -2.09. The molecule has 1 fully saturated rings. The fourth-order valence-corrected chi connectivity index (χ4v) is 4.07. The minimum absolute atomic E-state index is 0.325. The molecule has 3 aromatic heterocycles. The van der Waals surface area contributed by atoms with E-state index in [1.807, 2.05) is 12.1 Å². The molecule has 5 nitrogen and oxygen atoms in total. The van der Waals surface area contributed by atoms with E-state index >= 15 is 0 Å². The Kier molecular flexibility index (Phi) is 4.63. The molecular weight excluding hydrogens is 334 g/mol. The zero-order valence-corrected chi connectivity index (χ0v) is 15.4. The summed E-state index contributed by atoms with van der Waals surface area (Å²) >= 11 is 1.65. The third-order valence-electron chi connectivity index (χ3n) is 4.75. The number of aromatic nitrogens is 2. The van der Waals surface area contributed by atoms with Crippen molar-refractivity contribution >= 4 is 16.5 Å². The highest BCUT2D eigenvalue weighted by molar-refractivity contribution is 7.14. The molecule has 1 aliphatic heterocycles. The molecule has 1 N–H and O–H groups in total. The Hall–Kier alpha value is -2.05. The topological polar surface area (TPSA) is 52.2 Å². The second-order valence-corrected chi connectivity index (χ2v) is 7.36. The molecule has 0 amide bonds. The molecule has 4 rings (SSSR count). The lowest BCUT2D eigenvalue weighted by atomic mass is 10.2. The minimum Gasteiger partial charge on any atom is -0.467 e. The quantitative estimate of drug-likeness (QED) is 0.708. The van der Waals surface area contributed by atoms with E-state index in [2.05, 4.69) is 35.2 Å². The lowest BCUT2D eigenvalue weighted by Crippen LogP contribution is -2.18. The van der Waals surface area contributed by atoms with Crippen molar-refractivity contribution in [1.82, 2.24) is 9.55 Å². The molecule has 1 atom stereocenters. The molecule has 0 radical (unpaired) electrons. The molecule has 1 aliphatic rings. The number of thiazole rings is 1. The van der Waals surface area contributed by atoms with Gasteiger partial charge in [0.05, 0.1) is 24.6 Å². The van der Waals surface area contributed by atoms with Gasteiger partial charge in [-0.2, -0.15) is 0 Å². The highest BCUT2D eigenvalue weighted by Gasteiger charge is 2.17. The lowest BCUT2D eigenvalue weighted by molar-refractivity contribution is 0.120. The van der Waals surface area contributed by atoms with E-state index in [1.165, 1.54) is 17.0 Å². The highest BCUT2D eigenvalue weighted by Crippen LogP contribution is 2.30. The van der Waals surface area contributed by atoms with Gasteiger partial charge in [0.15, 0.2) is 5.13 Å². The van der Waals surface area contributed by atoms with Gasteiger partial charge >= 0.3 is 0 Å². The monoisotopic (exact) mass is 357 g/mol. The Labute approximate surface area is 151 Å². The molecule has 132 valence electrons. The van der Waals surface area contributed by atoms with Crippen LogP contribution in [0.25, 0.3) is 11.3 Å². The number of ether oxygens (including phenoxy) is 1. The summed E-state index contributed by atoms with van der Waals surface area (Å²) in [7, 11) is 0. The van der Waals surface area contributed by atoms with Crippen LogP contribution in [0.1, 0.15) is 30.0 Å². The zero-order valence-electron chi connectivity index (χ0n) is 14.6. The van der Waals surface area contributed by atoms with Gasteiger partial charge in [0.1, 0.15) is 5.76 Å². The maximum Gasteiger partial charge on any atom is 0.183 e. The third kappa shape index (κ3) is 3.50. The van der Waals surface area contributed by atoms with Crippen molar-refractivity contribution in [2.45, 2.75) is 39.3 Å². The van der Waals surface area contributed by atoms with E-state index in [9.17, 15) is 0 Å². The molecule has 0 aliphatic carbocycles. The summed E-state index contributed by atoms with van der Waals surface area (Å²) in [5, 5.41) is 6.50. The van der Waals surface area contributed by atoms with Crippen LogP contribution in [0.5, 0.6) is 0 Å². The number of rotatable bonds is 6. The van der Waals surface area contributed by atoms with Crippen LogP contribution in [-0.4, -0.2) is 28.8 Å². The SMILES string of the molecule is Cc1cc(-c2csc(NCC3CCCO3)n2)c(C)n1Cc1ccco1. The van der Waals surface area contributed by atoms with Gasteiger partial charge in [-0.1, -0.05) is 0 Å². The molecule has 1 unspecified atom stereocenters. The van der Waals surface area contributed by atoms with Crippen LogP contribution in [0.2, 0.25) is 0 Å². The number of aryl methyl sites for hydroxylation is 1. The molecule has 1 saturated heterocycles. The van der Waals surface area contributed by atoms with Crippen LogP contribution in [0.3, 0.4) is 0 Å². The molecule has 3 aromatic rings. The Morgan fingerprint density at radius 1 is 1.40 bits per heavy atom. The van der Waals surface area contributed by atoms with Crippen LogP contribution in [0, 0.1) is 13.8 Å². The van der Waals surface area contributed by atoms with Crippen molar-refractivity contribution in [3.05, 3.63) is 47.0 Å². The van der Waals surface area contributed by atoms with Gasteiger partial charge in [0, 0.05) is 35.5 Å². The smallest absolute Gasteiger partial charge is 0.183 e. The number of furan rings is 1. The van der Waals surface area contributed by atoms with E-state index in [-0.39, 0.29) is 0 Å². The molecule has 0 bridgehead atoms. The number of hydrogen-bond acceptors (Lipinski definition) is 5. The number of nitrogens with one attached hydrogen (secondary N) is 1. The van der Waals surface area contributed by atoms with Gasteiger partial charge in [-0.3, -0.25) is 0 Å². The van der Waals surface area contributed by atoms with Crippen LogP contribution < -0.4 is 5.32 Å². The third-order valence-corrected chi connectivity index (χ3v) is 5.55. The van der Waals surface area contributed by atoms with Crippen molar-refractivity contribution in [2.24, 2.45) is 0 Å². The number of hydrogen-bond donors (Lipinski definition) is 1. The fraction of sp³-hybridized carbons (Fsp3) is 0.421. The first kappa shape index (κ1) is 16.4. The van der Waals surface area contributed by atoms with Crippen molar-refractivity contribution in [3.63, 3.8) is 0 Å². The molecular formula is C19H23N3O2S. The van der Waals surface area contributed by atoms with E-state index in [0.29, 0.717) is 6.10 Å². The first-order chi connectivity index (χ1) is 12.2. The predicted octanol–water partition coefficient (Wildman–Crippen LogP) is 4.46. The second-order valence-electron chi connectivity index (χ2n) is 6.50. The predicted molar refractivity (Wildman–Crippen MR) is 100 cm³/mol. The van der Waals surface area contributed by atoms with Gasteiger partial charge in [0.25, 0.3) is 0 Å². The van der Waals surface area contributed by atoms with E-state index < -0.39 is 0 Å².